The number of hydrogen-bond acceptors (Lipinski definition) is 2. The minimum absolute atomic E-state index is 0.271. The molecule has 0 saturated carbocycles. The van der Waals surface area contributed by atoms with E-state index in [1.54, 1.807) is 12.4 Å². The van der Waals surface area contributed by atoms with E-state index in [4.69, 9.17) is 0 Å². The van der Waals surface area contributed by atoms with Crippen LogP contribution in [0, 0.1) is 5.92 Å². The number of aromatic nitrogens is 1. The van der Waals surface area contributed by atoms with Gasteiger partial charge in [-0.15, -0.1) is 0 Å². The molecule has 0 aliphatic heterocycles. The molecule has 2 rings (SSSR count). The van der Waals surface area contributed by atoms with Crippen molar-refractivity contribution in [1.29, 1.82) is 0 Å². The molecule has 0 spiro atoms. The highest BCUT2D eigenvalue weighted by molar-refractivity contribution is 5.15. The summed E-state index contributed by atoms with van der Waals surface area (Å²) in [6.45, 7) is 0. The number of aliphatic hydroxyl groups excluding tert-OH is 1. The van der Waals surface area contributed by atoms with E-state index in [2.05, 4.69) is 17.1 Å². The van der Waals surface area contributed by atoms with E-state index in [1.165, 1.54) is 6.42 Å². The van der Waals surface area contributed by atoms with Gasteiger partial charge in [0.1, 0.15) is 0 Å². The van der Waals surface area contributed by atoms with Crippen LogP contribution >= 0.6 is 0 Å². The smallest absolute Gasteiger partial charge is 0.0867 e. The molecule has 0 aromatic carbocycles. The molecular formula is C12H15NO. The monoisotopic (exact) mass is 189 g/mol. The molecule has 2 atom stereocenters. The van der Waals surface area contributed by atoms with Gasteiger partial charge in [-0.05, 0) is 30.9 Å². The number of allylic oxidation sites excluding steroid dienone is 1. The van der Waals surface area contributed by atoms with Gasteiger partial charge in [0.15, 0.2) is 0 Å². The maximum Gasteiger partial charge on any atom is 0.0867 e. The van der Waals surface area contributed by atoms with Crippen molar-refractivity contribution in [3.63, 3.8) is 0 Å². The van der Waals surface area contributed by atoms with Gasteiger partial charge in [-0.1, -0.05) is 18.2 Å². The number of nitrogens with zero attached hydrogens (tertiary/aromatic N) is 1. The third kappa shape index (κ3) is 2.02. The third-order valence-corrected chi connectivity index (χ3v) is 2.72. The molecule has 0 unspecified atom stereocenters. The Hall–Kier alpha value is -1.15. The Labute approximate surface area is 84.3 Å². The lowest BCUT2D eigenvalue weighted by Crippen LogP contribution is -2.12. The van der Waals surface area contributed by atoms with Crippen LogP contribution in [0.4, 0.5) is 0 Å². The average Bonchev–Trinajstić information content (AvgIpc) is 2.30. The molecule has 0 radical (unpaired) electrons. The van der Waals surface area contributed by atoms with Crippen LogP contribution in [0.15, 0.2) is 36.7 Å². The molecule has 0 fully saturated rings. The normalized spacial score (nSPS) is 23.4. The number of hydrogen-bond donors (Lipinski definition) is 1. The van der Waals surface area contributed by atoms with Crippen molar-refractivity contribution >= 4 is 0 Å². The maximum atomic E-state index is 10.1. The zero-order valence-corrected chi connectivity index (χ0v) is 8.13. The molecule has 2 heteroatoms. The van der Waals surface area contributed by atoms with Crippen LogP contribution in [0.1, 0.15) is 30.9 Å². The number of aliphatic hydroxyl groups is 1. The highest BCUT2D eigenvalue weighted by atomic mass is 16.3. The zero-order chi connectivity index (χ0) is 9.80. The van der Waals surface area contributed by atoms with E-state index < -0.39 is 0 Å². The van der Waals surface area contributed by atoms with Crippen molar-refractivity contribution in [1.82, 2.24) is 4.98 Å². The van der Waals surface area contributed by atoms with Gasteiger partial charge in [0.25, 0.3) is 0 Å². The van der Waals surface area contributed by atoms with Crippen LogP contribution in [0.2, 0.25) is 0 Å². The highest BCUT2D eigenvalue weighted by Crippen LogP contribution is 2.29. The molecule has 1 aliphatic carbocycles. The summed E-state index contributed by atoms with van der Waals surface area (Å²) < 4.78 is 0. The van der Waals surface area contributed by atoms with Crippen LogP contribution in [-0.4, -0.2) is 10.1 Å². The molecule has 0 amide bonds. The second kappa shape index (κ2) is 4.38. The summed E-state index contributed by atoms with van der Waals surface area (Å²) in [6, 6.07) is 3.80. The predicted molar refractivity (Wildman–Crippen MR) is 55.7 cm³/mol. The molecule has 14 heavy (non-hydrogen) atoms. The molecule has 74 valence electrons. The Morgan fingerprint density at radius 2 is 2.43 bits per heavy atom. The predicted octanol–water partition coefficient (Wildman–Crippen LogP) is 2.47. The van der Waals surface area contributed by atoms with E-state index in [0.29, 0.717) is 0 Å². The van der Waals surface area contributed by atoms with Gasteiger partial charge in [-0.25, -0.2) is 0 Å². The molecule has 1 N–H and O–H groups in total. The molecule has 2 nitrogen and oxygen atoms in total. The topological polar surface area (TPSA) is 33.1 Å². The van der Waals surface area contributed by atoms with Gasteiger partial charge in [0, 0.05) is 18.3 Å². The Morgan fingerprint density at radius 3 is 3.07 bits per heavy atom. The summed E-state index contributed by atoms with van der Waals surface area (Å²) in [5.41, 5.74) is 0.920. The second-order valence-electron chi connectivity index (χ2n) is 3.75. The van der Waals surface area contributed by atoms with Crippen LogP contribution in [0.5, 0.6) is 0 Å². The zero-order valence-electron chi connectivity index (χ0n) is 8.13. The fraction of sp³-hybridized carbons (Fsp3) is 0.417. The minimum atomic E-state index is -0.389. The fourth-order valence-electron chi connectivity index (χ4n) is 1.90. The minimum Gasteiger partial charge on any atom is -0.388 e. The standard InChI is InChI=1S/C12H15NO/c14-12(10-5-2-1-3-6-10)11-7-4-8-13-9-11/h2,4-5,7-10,12,14H,1,3,6H2/t10-,12-/m1/s1. The highest BCUT2D eigenvalue weighted by Gasteiger charge is 2.19. The first-order valence-corrected chi connectivity index (χ1v) is 5.12. The first-order chi connectivity index (χ1) is 6.88. The Bertz CT molecular complexity index is 307. The van der Waals surface area contributed by atoms with Gasteiger partial charge in [-0.3, -0.25) is 4.98 Å². The van der Waals surface area contributed by atoms with E-state index in [9.17, 15) is 5.11 Å². The van der Waals surface area contributed by atoms with Crippen molar-refractivity contribution in [2.24, 2.45) is 5.92 Å². The van der Waals surface area contributed by atoms with Crippen molar-refractivity contribution in [2.75, 3.05) is 0 Å². The van der Waals surface area contributed by atoms with Crippen LogP contribution in [-0.2, 0) is 0 Å². The lowest BCUT2D eigenvalue weighted by atomic mass is 9.88. The van der Waals surface area contributed by atoms with E-state index in [-0.39, 0.29) is 12.0 Å². The van der Waals surface area contributed by atoms with Gasteiger partial charge < -0.3 is 5.11 Å². The summed E-state index contributed by atoms with van der Waals surface area (Å²) in [6.07, 6.45) is 10.8. The summed E-state index contributed by atoms with van der Waals surface area (Å²) in [4.78, 5) is 4.02. The summed E-state index contributed by atoms with van der Waals surface area (Å²) in [5.74, 6) is 0.271. The molecule has 1 aromatic heterocycles. The molecular weight excluding hydrogens is 174 g/mol. The van der Waals surface area contributed by atoms with E-state index in [0.717, 1.165) is 18.4 Å². The van der Waals surface area contributed by atoms with Crippen LogP contribution in [0.25, 0.3) is 0 Å². The summed E-state index contributed by atoms with van der Waals surface area (Å²) >= 11 is 0. The average molecular weight is 189 g/mol. The molecule has 1 aromatic rings. The largest absolute Gasteiger partial charge is 0.388 e. The lowest BCUT2D eigenvalue weighted by Gasteiger charge is -2.22. The fourth-order valence-corrected chi connectivity index (χ4v) is 1.90. The lowest BCUT2D eigenvalue weighted by molar-refractivity contribution is 0.123. The van der Waals surface area contributed by atoms with Crippen molar-refractivity contribution in [2.45, 2.75) is 25.4 Å². The number of rotatable bonds is 2. The van der Waals surface area contributed by atoms with Crippen LogP contribution in [0.3, 0.4) is 0 Å². The maximum absolute atomic E-state index is 10.1. The van der Waals surface area contributed by atoms with Gasteiger partial charge in [-0.2, -0.15) is 0 Å². The van der Waals surface area contributed by atoms with Gasteiger partial charge in [0.2, 0.25) is 0 Å². The quantitative estimate of drug-likeness (QED) is 0.725. The van der Waals surface area contributed by atoms with Crippen molar-refractivity contribution in [3.8, 4) is 0 Å². The summed E-state index contributed by atoms with van der Waals surface area (Å²) in [7, 11) is 0. The Kier molecular flexibility index (Phi) is 2.94. The third-order valence-electron chi connectivity index (χ3n) is 2.72. The second-order valence-corrected chi connectivity index (χ2v) is 3.75. The van der Waals surface area contributed by atoms with Crippen molar-refractivity contribution in [3.05, 3.63) is 42.2 Å². The first-order valence-electron chi connectivity index (χ1n) is 5.12. The van der Waals surface area contributed by atoms with Gasteiger partial charge in [0.05, 0.1) is 6.10 Å². The Morgan fingerprint density at radius 1 is 1.50 bits per heavy atom. The van der Waals surface area contributed by atoms with E-state index >= 15 is 0 Å². The molecule has 1 heterocycles. The van der Waals surface area contributed by atoms with Crippen LogP contribution < -0.4 is 0 Å². The Balaban J connectivity index is 2.11. The van der Waals surface area contributed by atoms with Gasteiger partial charge >= 0.3 is 0 Å². The molecule has 0 bridgehead atoms. The molecule has 0 saturated heterocycles. The van der Waals surface area contributed by atoms with E-state index in [1.807, 2.05) is 12.1 Å². The summed E-state index contributed by atoms with van der Waals surface area (Å²) in [5, 5.41) is 10.1. The SMILES string of the molecule is O[C@@H](c1cccnc1)[C@@H]1C=CCCC1. The molecule has 1 aliphatic rings. The first kappa shape index (κ1) is 9.41. The number of pyridine rings is 1. The van der Waals surface area contributed by atoms with Crippen molar-refractivity contribution < 1.29 is 5.11 Å².